The van der Waals surface area contributed by atoms with Crippen LogP contribution in [-0.4, -0.2) is 25.3 Å². The summed E-state index contributed by atoms with van der Waals surface area (Å²) in [6, 6.07) is 6.11. The lowest BCUT2D eigenvalue weighted by atomic mass is 9.89. The van der Waals surface area contributed by atoms with Crippen LogP contribution in [-0.2, 0) is 5.60 Å². The molecule has 1 fully saturated rings. The van der Waals surface area contributed by atoms with Crippen molar-refractivity contribution in [3.8, 4) is 5.75 Å². The number of aliphatic hydroxyl groups is 1. The van der Waals surface area contributed by atoms with Gasteiger partial charge in [-0.05, 0) is 36.6 Å². The minimum Gasteiger partial charge on any atom is -0.496 e. The molecule has 1 unspecified atom stereocenters. The van der Waals surface area contributed by atoms with E-state index < -0.39 is 5.60 Å². The van der Waals surface area contributed by atoms with E-state index in [1.165, 1.54) is 5.56 Å². The van der Waals surface area contributed by atoms with Crippen LogP contribution in [0.15, 0.2) is 18.2 Å². The van der Waals surface area contributed by atoms with Crippen LogP contribution in [0.5, 0.6) is 5.75 Å². The predicted octanol–water partition coefficient (Wildman–Crippen LogP) is 2.00. The third-order valence-corrected chi connectivity index (χ3v) is 3.52. The molecule has 1 aromatic carbocycles. The highest BCUT2D eigenvalue weighted by atomic mass is 16.5. The lowest BCUT2D eigenvalue weighted by molar-refractivity contribution is 0.0560. The SMILES string of the molecule is COc1ccc(C(C)C)cc1C1(O)CCNC1. The minimum absolute atomic E-state index is 0.456. The molecule has 94 valence electrons. The van der Waals surface area contributed by atoms with Crippen molar-refractivity contribution < 1.29 is 9.84 Å². The van der Waals surface area contributed by atoms with Crippen molar-refractivity contribution in [2.75, 3.05) is 20.2 Å². The molecule has 3 heteroatoms. The fraction of sp³-hybridized carbons (Fsp3) is 0.571. The van der Waals surface area contributed by atoms with Gasteiger partial charge in [-0.1, -0.05) is 19.9 Å². The molecule has 0 aliphatic carbocycles. The number of ether oxygens (including phenoxy) is 1. The number of nitrogens with one attached hydrogen (secondary N) is 1. The topological polar surface area (TPSA) is 41.5 Å². The Labute approximate surface area is 103 Å². The first-order valence-corrected chi connectivity index (χ1v) is 6.18. The van der Waals surface area contributed by atoms with Gasteiger partial charge in [-0.3, -0.25) is 0 Å². The van der Waals surface area contributed by atoms with Gasteiger partial charge in [0.05, 0.1) is 7.11 Å². The Bertz CT molecular complexity index is 395. The summed E-state index contributed by atoms with van der Waals surface area (Å²) in [5.74, 6) is 1.23. The molecule has 0 amide bonds. The van der Waals surface area contributed by atoms with Crippen LogP contribution in [0.2, 0.25) is 0 Å². The first-order valence-electron chi connectivity index (χ1n) is 6.18. The number of hydrogen-bond donors (Lipinski definition) is 2. The van der Waals surface area contributed by atoms with E-state index in [2.05, 4.69) is 31.3 Å². The van der Waals surface area contributed by atoms with Gasteiger partial charge in [-0.25, -0.2) is 0 Å². The fourth-order valence-electron chi connectivity index (χ4n) is 2.36. The van der Waals surface area contributed by atoms with Gasteiger partial charge in [0.1, 0.15) is 11.4 Å². The highest BCUT2D eigenvalue weighted by Crippen LogP contribution is 2.36. The second-order valence-electron chi connectivity index (χ2n) is 5.07. The molecule has 0 radical (unpaired) electrons. The Balaban J connectivity index is 2.45. The highest BCUT2D eigenvalue weighted by molar-refractivity contribution is 5.43. The maximum Gasteiger partial charge on any atom is 0.125 e. The molecule has 2 N–H and O–H groups in total. The Hall–Kier alpha value is -1.06. The second kappa shape index (κ2) is 4.67. The fourth-order valence-corrected chi connectivity index (χ4v) is 2.36. The van der Waals surface area contributed by atoms with Crippen molar-refractivity contribution in [2.45, 2.75) is 31.8 Å². The molecule has 0 bridgehead atoms. The number of methoxy groups -OCH3 is 1. The van der Waals surface area contributed by atoms with Crippen LogP contribution in [0.3, 0.4) is 0 Å². The summed E-state index contributed by atoms with van der Waals surface area (Å²) in [4.78, 5) is 0. The Kier molecular flexibility index (Phi) is 3.40. The number of β-amino-alcohol motifs (C(OH)–C–C–N with tert-alkyl or cyclic N) is 1. The molecule has 0 spiro atoms. The molecule has 1 heterocycles. The summed E-state index contributed by atoms with van der Waals surface area (Å²) in [5, 5.41) is 13.8. The van der Waals surface area contributed by atoms with Crippen molar-refractivity contribution in [3.63, 3.8) is 0 Å². The van der Waals surface area contributed by atoms with Crippen molar-refractivity contribution in [1.82, 2.24) is 5.32 Å². The molecule has 1 aromatic rings. The third-order valence-electron chi connectivity index (χ3n) is 3.52. The molecule has 1 aliphatic rings. The van der Waals surface area contributed by atoms with Crippen molar-refractivity contribution >= 4 is 0 Å². The van der Waals surface area contributed by atoms with Gasteiger partial charge in [-0.15, -0.1) is 0 Å². The quantitative estimate of drug-likeness (QED) is 0.842. The van der Waals surface area contributed by atoms with E-state index in [4.69, 9.17) is 4.74 Å². The maximum atomic E-state index is 10.6. The van der Waals surface area contributed by atoms with Crippen LogP contribution in [0, 0.1) is 0 Å². The summed E-state index contributed by atoms with van der Waals surface area (Å²) in [6.45, 7) is 5.77. The molecule has 3 nitrogen and oxygen atoms in total. The minimum atomic E-state index is -0.782. The summed E-state index contributed by atoms with van der Waals surface area (Å²) in [7, 11) is 1.65. The van der Waals surface area contributed by atoms with Gasteiger partial charge < -0.3 is 15.2 Å². The van der Waals surface area contributed by atoms with Crippen molar-refractivity contribution in [1.29, 1.82) is 0 Å². The van der Waals surface area contributed by atoms with E-state index in [9.17, 15) is 5.11 Å². The summed E-state index contributed by atoms with van der Waals surface area (Å²) >= 11 is 0. The largest absolute Gasteiger partial charge is 0.496 e. The molecule has 2 rings (SSSR count). The van der Waals surface area contributed by atoms with Crippen LogP contribution in [0.1, 0.15) is 37.3 Å². The molecule has 1 saturated heterocycles. The standard InChI is InChI=1S/C14H21NO2/c1-10(2)11-4-5-13(17-3)12(8-11)14(16)6-7-15-9-14/h4-5,8,10,15-16H,6-7,9H2,1-3H3. The van der Waals surface area contributed by atoms with E-state index in [0.717, 1.165) is 24.3 Å². The Morgan fingerprint density at radius 3 is 2.71 bits per heavy atom. The predicted molar refractivity (Wildman–Crippen MR) is 68.5 cm³/mol. The first kappa shape index (κ1) is 12.4. The van der Waals surface area contributed by atoms with Gasteiger partial charge in [-0.2, -0.15) is 0 Å². The number of hydrogen-bond acceptors (Lipinski definition) is 3. The molecule has 0 saturated carbocycles. The Morgan fingerprint density at radius 1 is 1.41 bits per heavy atom. The average molecular weight is 235 g/mol. The van der Waals surface area contributed by atoms with Crippen molar-refractivity contribution in [3.05, 3.63) is 29.3 Å². The second-order valence-corrected chi connectivity index (χ2v) is 5.07. The molecule has 1 atom stereocenters. The number of rotatable bonds is 3. The highest BCUT2D eigenvalue weighted by Gasteiger charge is 2.35. The molecular formula is C14H21NO2. The van der Waals surface area contributed by atoms with Gasteiger partial charge >= 0.3 is 0 Å². The average Bonchev–Trinajstić information content (AvgIpc) is 2.76. The van der Waals surface area contributed by atoms with Crippen LogP contribution in [0.25, 0.3) is 0 Å². The lowest BCUT2D eigenvalue weighted by Crippen LogP contribution is -2.29. The summed E-state index contributed by atoms with van der Waals surface area (Å²) in [6.07, 6.45) is 0.741. The Morgan fingerprint density at radius 2 is 2.18 bits per heavy atom. The molecule has 1 aliphatic heterocycles. The van der Waals surface area contributed by atoms with Crippen molar-refractivity contribution in [2.24, 2.45) is 0 Å². The summed E-state index contributed by atoms with van der Waals surface area (Å²) < 4.78 is 5.37. The zero-order valence-electron chi connectivity index (χ0n) is 10.8. The monoisotopic (exact) mass is 235 g/mol. The van der Waals surface area contributed by atoms with E-state index in [0.29, 0.717) is 12.5 Å². The third kappa shape index (κ3) is 2.31. The van der Waals surface area contributed by atoms with E-state index in [-0.39, 0.29) is 0 Å². The first-order chi connectivity index (χ1) is 8.07. The van der Waals surface area contributed by atoms with E-state index in [1.807, 2.05) is 6.07 Å². The molecule has 0 aromatic heterocycles. The van der Waals surface area contributed by atoms with Gasteiger partial charge in [0.2, 0.25) is 0 Å². The molecular weight excluding hydrogens is 214 g/mol. The number of benzene rings is 1. The lowest BCUT2D eigenvalue weighted by Gasteiger charge is -2.25. The van der Waals surface area contributed by atoms with Gasteiger partial charge in [0.15, 0.2) is 0 Å². The van der Waals surface area contributed by atoms with Crippen LogP contribution < -0.4 is 10.1 Å². The summed E-state index contributed by atoms with van der Waals surface area (Å²) in [5.41, 5.74) is 1.37. The molecule has 17 heavy (non-hydrogen) atoms. The van der Waals surface area contributed by atoms with E-state index >= 15 is 0 Å². The van der Waals surface area contributed by atoms with Crippen LogP contribution in [0.4, 0.5) is 0 Å². The van der Waals surface area contributed by atoms with Gasteiger partial charge in [0.25, 0.3) is 0 Å². The van der Waals surface area contributed by atoms with Gasteiger partial charge in [0, 0.05) is 12.1 Å². The zero-order valence-corrected chi connectivity index (χ0v) is 10.8. The zero-order chi connectivity index (χ0) is 12.5. The maximum absolute atomic E-state index is 10.6. The smallest absolute Gasteiger partial charge is 0.125 e. The normalized spacial score (nSPS) is 24.3. The van der Waals surface area contributed by atoms with E-state index in [1.54, 1.807) is 7.11 Å². The van der Waals surface area contributed by atoms with Crippen LogP contribution >= 0.6 is 0 Å².